The average Bonchev–Trinajstić information content (AvgIpc) is 2.68. The first-order chi connectivity index (χ1) is 7.65. The number of halogens is 1. The van der Waals surface area contributed by atoms with E-state index in [1.807, 2.05) is 17.0 Å². The molecule has 16 heavy (non-hydrogen) atoms. The maximum absolute atomic E-state index is 11.9. The van der Waals surface area contributed by atoms with Gasteiger partial charge in [-0.25, -0.2) is 0 Å². The van der Waals surface area contributed by atoms with E-state index in [9.17, 15) is 4.79 Å². The third-order valence-electron chi connectivity index (χ3n) is 2.85. The van der Waals surface area contributed by atoms with Crippen molar-refractivity contribution in [3.8, 4) is 0 Å². The third-order valence-corrected chi connectivity index (χ3v) is 3.10. The van der Waals surface area contributed by atoms with Crippen LogP contribution in [0.5, 0.6) is 0 Å². The zero-order valence-electron chi connectivity index (χ0n) is 9.03. The monoisotopic (exact) mass is 238 g/mol. The fourth-order valence-electron chi connectivity index (χ4n) is 1.90. The van der Waals surface area contributed by atoms with Crippen molar-refractivity contribution in [2.45, 2.75) is 18.9 Å². The van der Waals surface area contributed by atoms with Crippen LogP contribution < -0.4 is 5.73 Å². The zero-order valence-corrected chi connectivity index (χ0v) is 9.78. The number of hydrogen-bond donors (Lipinski definition) is 1. The summed E-state index contributed by atoms with van der Waals surface area (Å²) in [5.41, 5.74) is 6.76. The predicted molar refractivity (Wildman–Crippen MR) is 64.3 cm³/mol. The second-order valence-electron chi connectivity index (χ2n) is 4.19. The molecule has 1 fully saturated rings. The normalized spacial score (nSPS) is 20.1. The maximum Gasteiger partial charge on any atom is 0.227 e. The van der Waals surface area contributed by atoms with Crippen molar-refractivity contribution in [1.29, 1.82) is 0 Å². The Labute approximate surface area is 100 Å². The predicted octanol–water partition coefficient (Wildman–Crippen LogP) is 1.44. The summed E-state index contributed by atoms with van der Waals surface area (Å²) in [6.45, 7) is 1.47. The molecule has 0 bridgehead atoms. The van der Waals surface area contributed by atoms with Gasteiger partial charge in [-0.05, 0) is 24.1 Å². The molecule has 1 aliphatic rings. The maximum atomic E-state index is 11.9. The van der Waals surface area contributed by atoms with Crippen molar-refractivity contribution in [3.63, 3.8) is 0 Å². The quantitative estimate of drug-likeness (QED) is 0.848. The number of amides is 1. The van der Waals surface area contributed by atoms with Crippen molar-refractivity contribution >= 4 is 17.5 Å². The van der Waals surface area contributed by atoms with Crippen LogP contribution in [0.25, 0.3) is 0 Å². The van der Waals surface area contributed by atoms with E-state index in [1.54, 1.807) is 12.1 Å². The molecule has 2 rings (SSSR count). The Morgan fingerprint density at radius 3 is 2.69 bits per heavy atom. The number of hydrogen-bond acceptors (Lipinski definition) is 2. The molecule has 1 aliphatic heterocycles. The van der Waals surface area contributed by atoms with Crippen LogP contribution in [0.1, 0.15) is 12.0 Å². The molecular formula is C12H15ClN2O. The third kappa shape index (κ3) is 2.74. The summed E-state index contributed by atoms with van der Waals surface area (Å²) >= 11 is 5.78. The summed E-state index contributed by atoms with van der Waals surface area (Å²) in [5.74, 6) is 0.148. The van der Waals surface area contributed by atoms with Crippen LogP contribution in [-0.2, 0) is 11.2 Å². The molecule has 86 valence electrons. The lowest BCUT2D eigenvalue weighted by molar-refractivity contribution is -0.129. The highest BCUT2D eigenvalue weighted by Crippen LogP contribution is 2.13. The number of carbonyl (C=O) groups excluding carboxylic acids is 1. The van der Waals surface area contributed by atoms with Crippen molar-refractivity contribution in [2.24, 2.45) is 5.73 Å². The summed E-state index contributed by atoms with van der Waals surface area (Å²) in [7, 11) is 0. The highest BCUT2D eigenvalue weighted by molar-refractivity contribution is 6.30. The molecule has 1 atom stereocenters. The Morgan fingerprint density at radius 1 is 1.44 bits per heavy atom. The van der Waals surface area contributed by atoms with E-state index in [1.165, 1.54) is 0 Å². The molecule has 2 N–H and O–H groups in total. The number of carbonyl (C=O) groups is 1. The van der Waals surface area contributed by atoms with Crippen LogP contribution in [-0.4, -0.2) is 29.9 Å². The zero-order chi connectivity index (χ0) is 11.5. The van der Waals surface area contributed by atoms with E-state index in [0.29, 0.717) is 18.0 Å². The van der Waals surface area contributed by atoms with Crippen LogP contribution in [0.2, 0.25) is 5.02 Å². The summed E-state index contributed by atoms with van der Waals surface area (Å²) in [6, 6.07) is 7.53. The Kier molecular flexibility index (Phi) is 3.46. The number of benzene rings is 1. The van der Waals surface area contributed by atoms with Gasteiger partial charge in [-0.3, -0.25) is 4.79 Å². The van der Waals surface area contributed by atoms with Crippen LogP contribution >= 0.6 is 11.6 Å². The van der Waals surface area contributed by atoms with Crippen molar-refractivity contribution in [2.75, 3.05) is 13.1 Å². The Balaban J connectivity index is 1.94. The van der Waals surface area contributed by atoms with Crippen molar-refractivity contribution < 1.29 is 4.79 Å². The number of rotatable bonds is 2. The fraction of sp³-hybridized carbons (Fsp3) is 0.417. The topological polar surface area (TPSA) is 46.3 Å². The van der Waals surface area contributed by atoms with E-state index in [-0.39, 0.29) is 11.9 Å². The molecule has 0 unspecified atom stereocenters. The second kappa shape index (κ2) is 4.85. The minimum Gasteiger partial charge on any atom is -0.341 e. The summed E-state index contributed by atoms with van der Waals surface area (Å²) in [6.07, 6.45) is 1.34. The van der Waals surface area contributed by atoms with E-state index in [4.69, 9.17) is 17.3 Å². The van der Waals surface area contributed by atoms with Gasteiger partial charge < -0.3 is 10.6 Å². The van der Waals surface area contributed by atoms with E-state index in [2.05, 4.69) is 0 Å². The molecule has 3 nitrogen and oxygen atoms in total. The lowest BCUT2D eigenvalue weighted by atomic mass is 10.1. The minimum absolute atomic E-state index is 0.147. The number of nitrogens with zero attached hydrogens (tertiary/aromatic N) is 1. The second-order valence-corrected chi connectivity index (χ2v) is 4.63. The van der Waals surface area contributed by atoms with Crippen LogP contribution in [0.4, 0.5) is 0 Å². The first kappa shape index (κ1) is 11.4. The first-order valence-electron chi connectivity index (χ1n) is 5.43. The van der Waals surface area contributed by atoms with Gasteiger partial charge >= 0.3 is 0 Å². The van der Waals surface area contributed by atoms with Crippen molar-refractivity contribution in [3.05, 3.63) is 34.9 Å². The van der Waals surface area contributed by atoms with Crippen LogP contribution in [0, 0.1) is 0 Å². The largest absolute Gasteiger partial charge is 0.341 e. The highest BCUT2D eigenvalue weighted by atomic mass is 35.5. The van der Waals surface area contributed by atoms with E-state index < -0.39 is 0 Å². The lowest BCUT2D eigenvalue weighted by Crippen LogP contribution is -2.32. The molecule has 0 radical (unpaired) electrons. The molecule has 4 heteroatoms. The smallest absolute Gasteiger partial charge is 0.227 e. The van der Waals surface area contributed by atoms with E-state index >= 15 is 0 Å². The molecule has 1 saturated heterocycles. The first-order valence-corrected chi connectivity index (χ1v) is 5.81. The van der Waals surface area contributed by atoms with Gasteiger partial charge in [-0.1, -0.05) is 23.7 Å². The molecule has 1 heterocycles. The number of nitrogens with two attached hydrogens (primary N) is 1. The van der Waals surface area contributed by atoms with Gasteiger partial charge in [-0.15, -0.1) is 0 Å². The minimum atomic E-state index is 0.147. The van der Waals surface area contributed by atoms with Gasteiger partial charge in [0.25, 0.3) is 0 Å². The molecule has 0 aromatic heterocycles. The molecule has 1 aromatic carbocycles. The summed E-state index contributed by atoms with van der Waals surface area (Å²) in [5, 5.41) is 0.694. The molecule has 0 saturated carbocycles. The molecular weight excluding hydrogens is 224 g/mol. The highest BCUT2D eigenvalue weighted by Gasteiger charge is 2.23. The fourth-order valence-corrected chi connectivity index (χ4v) is 2.03. The summed E-state index contributed by atoms with van der Waals surface area (Å²) < 4.78 is 0. The van der Waals surface area contributed by atoms with Gasteiger partial charge in [-0.2, -0.15) is 0 Å². The Hall–Kier alpha value is -1.06. The van der Waals surface area contributed by atoms with Gasteiger partial charge in [0.2, 0.25) is 5.91 Å². The van der Waals surface area contributed by atoms with Gasteiger partial charge in [0.1, 0.15) is 0 Å². The Morgan fingerprint density at radius 2 is 2.12 bits per heavy atom. The van der Waals surface area contributed by atoms with Crippen LogP contribution in [0.15, 0.2) is 24.3 Å². The van der Waals surface area contributed by atoms with E-state index in [0.717, 1.165) is 18.5 Å². The Bertz CT molecular complexity index is 377. The van der Waals surface area contributed by atoms with Gasteiger partial charge in [0.05, 0.1) is 6.42 Å². The standard InChI is InChI=1S/C12H15ClN2O/c13-10-3-1-9(2-4-10)7-12(16)15-6-5-11(14)8-15/h1-4,11H,5-8,14H2/t11-/m1/s1. The lowest BCUT2D eigenvalue weighted by Gasteiger charge is -2.15. The van der Waals surface area contributed by atoms with Crippen LogP contribution in [0.3, 0.4) is 0 Å². The number of likely N-dealkylation sites (tertiary alicyclic amines) is 1. The average molecular weight is 239 g/mol. The van der Waals surface area contributed by atoms with Gasteiger partial charge in [0, 0.05) is 24.2 Å². The van der Waals surface area contributed by atoms with Gasteiger partial charge in [0.15, 0.2) is 0 Å². The van der Waals surface area contributed by atoms with Crippen molar-refractivity contribution in [1.82, 2.24) is 4.90 Å². The molecule has 0 spiro atoms. The molecule has 1 aromatic rings. The SMILES string of the molecule is N[C@@H]1CCN(C(=O)Cc2ccc(Cl)cc2)C1. The molecule has 1 amide bonds. The molecule has 0 aliphatic carbocycles. The summed E-state index contributed by atoms with van der Waals surface area (Å²) in [4.78, 5) is 13.7.